The van der Waals surface area contributed by atoms with Gasteiger partial charge in [0.05, 0.1) is 27.3 Å². The predicted octanol–water partition coefficient (Wildman–Crippen LogP) is 4.70. The van der Waals surface area contributed by atoms with Crippen LogP contribution in [0, 0.1) is 11.6 Å². The summed E-state index contributed by atoms with van der Waals surface area (Å²) in [4.78, 5) is 12.8. The SMILES string of the molecule is O=C(NC[C@@H]1CCCO1)c1cc2scc(Br)c2n1Cc1ccc(F)cc1F. The first-order valence-corrected chi connectivity index (χ1v) is 10.3. The molecular formula is C19H17BrF2N2O2S. The monoisotopic (exact) mass is 454 g/mol. The van der Waals surface area contributed by atoms with Gasteiger partial charge >= 0.3 is 0 Å². The lowest BCUT2D eigenvalue weighted by Crippen LogP contribution is -2.33. The van der Waals surface area contributed by atoms with Gasteiger partial charge in [-0.3, -0.25) is 4.79 Å². The van der Waals surface area contributed by atoms with Crippen molar-refractivity contribution in [3.63, 3.8) is 0 Å². The molecule has 0 bridgehead atoms. The van der Waals surface area contributed by atoms with Crippen LogP contribution in [0.2, 0.25) is 0 Å². The van der Waals surface area contributed by atoms with E-state index >= 15 is 0 Å². The number of nitrogens with one attached hydrogen (secondary N) is 1. The number of nitrogens with zero attached hydrogens (tertiary/aromatic N) is 1. The van der Waals surface area contributed by atoms with Gasteiger partial charge in [0.2, 0.25) is 0 Å². The largest absolute Gasteiger partial charge is 0.376 e. The molecule has 0 radical (unpaired) electrons. The quantitative estimate of drug-likeness (QED) is 0.606. The zero-order valence-corrected chi connectivity index (χ0v) is 16.7. The molecule has 1 fully saturated rings. The zero-order chi connectivity index (χ0) is 19.0. The number of hydrogen-bond acceptors (Lipinski definition) is 3. The third-order valence-electron chi connectivity index (χ3n) is 4.67. The first-order chi connectivity index (χ1) is 13.0. The molecule has 0 saturated carbocycles. The number of carbonyl (C=O) groups is 1. The highest BCUT2D eigenvalue weighted by molar-refractivity contribution is 9.10. The van der Waals surface area contributed by atoms with E-state index in [4.69, 9.17) is 4.74 Å². The highest BCUT2D eigenvalue weighted by Gasteiger charge is 2.22. The van der Waals surface area contributed by atoms with Gasteiger partial charge in [0.1, 0.15) is 17.3 Å². The molecule has 1 aromatic carbocycles. The number of carbonyl (C=O) groups excluding carboxylic acids is 1. The summed E-state index contributed by atoms with van der Waals surface area (Å²) in [6, 6.07) is 5.29. The van der Waals surface area contributed by atoms with Crippen LogP contribution in [-0.2, 0) is 11.3 Å². The van der Waals surface area contributed by atoms with E-state index in [1.807, 2.05) is 5.38 Å². The molecular weight excluding hydrogens is 438 g/mol. The number of fused-ring (bicyclic) bond motifs is 1. The summed E-state index contributed by atoms with van der Waals surface area (Å²) in [5.41, 5.74) is 1.59. The van der Waals surface area contributed by atoms with Crippen LogP contribution in [0.25, 0.3) is 10.2 Å². The van der Waals surface area contributed by atoms with Crippen LogP contribution < -0.4 is 5.32 Å². The Bertz CT molecular complexity index is 995. The molecule has 0 spiro atoms. The molecule has 1 aliphatic heterocycles. The number of ether oxygens (including phenoxy) is 1. The molecule has 0 unspecified atom stereocenters. The normalized spacial score (nSPS) is 16.9. The maximum atomic E-state index is 14.2. The summed E-state index contributed by atoms with van der Waals surface area (Å²) in [5, 5.41) is 4.84. The number of benzene rings is 1. The van der Waals surface area contributed by atoms with Gasteiger partial charge in [-0.1, -0.05) is 6.07 Å². The van der Waals surface area contributed by atoms with Crippen molar-refractivity contribution in [1.29, 1.82) is 0 Å². The van der Waals surface area contributed by atoms with Crippen molar-refractivity contribution in [3.05, 3.63) is 57.0 Å². The zero-order valence-electron chi connectivity index (χ0n) is 14.3. The minimum absolute atomic E-state index is 0.0414. The van der Waals surface area contributed by atoms with Gasteiger partial charge < -0.3 is 14.6 Å². The molecule has 8 heteroatoms. The summed E-state index contributed by atoms with van der Waals surface area (Å²) in [6.07, 6.45) is 1.98. The van der Waals surface area contributed by atoms with E-state index in [1.54, 1.807) is 10.6 Å². The van der Waals surface area contributed by atoms with Crippen molar-refractivity contribution >= 4 is 43.4 Å². The van der Waals surface area contributed by atoms with Gasteiger partial charge in [-0.05, 0) is 40.9 Å². The Labute approximate surface area is 167 Å². The lowest BCUT2D eigenvalue weighted by atomic mass is 10.2. The fourth-order valence-corrected chi connectivity index (χ4v) is 5.00. The second-order valence-electron chi connectivity index (χ2n) is 6.49. The molecule has 142 valence electrons. The molecule has 0 aliphatic carbocycles. The summed E-state index contributed by atoms with van der Waals surface area (Å²) >= 11 is 5.00. The highest BCUT2D eigenvalue weighted by atomic mass is 79.9. The number of thiophene rings is 1. The van der Waals surface area contributed by atoms with Crippen LogP contribution in [0.3, 0.4) is 0 Å². The van der Waals surface area contributed by atoms with Gasteiger partial charge in [0, 0.05) is 30.2 Å². The second kappa shape index (κ2) is 7.69. The third-order valence-corrected chi connectivity index (χ3v) is 6.49. The van der Waals surface area contributed by atoms with Crippen LogP contribution >= 0.6 is 27.3 Å². The van der Waals surface area contributed by atoms with Crippen molar-refractivity contribution < 1.29 is 18.3 Å². The van der Waals surface area contributed by atoms with Gasteiger partial charge in [-0.25, -0.2) is 8.78 Å². The van der Waals surface area contributed by atoms with Gasteiger partial charge in [-0.15, -0.1) is 11.3 Å². The van der Waals surface area contributed by atoms with E-state index in [0.29, 0.717) is 17.8 Å². The summed E-state index contributed by atoms with van der Waals surface area (Å²) < 4.78 is 36.5. The van der Waals surface area contributed by atoms with E-state index in [1.165, 1.54) is 23.5 Å². The van der Waals surface area contributed by atoms with Gasteiger partial charge in [0.25, 0.3) is 5.91 Å². The van der Waals surface area contributed by atoms with Crippen LogP contribution in [0.1, 0.15) is 28.9 Å². The fraction of sp³-hybridized carbons (Fsp3) is 0.316. The van der Waals surface area contributed by atoms with Crippen molar-refractivity contribution in [2.24, 2.45) is 0 Å². The standard InChI is InChI=1S/C19H17BrF2N2O2S/c20-14-10-27-17-7-16(19(25)23-8-13-2-1-5-26-13)24(18(14)17)9-11-3-4-12(21)6-15(11)22/h3-4,6-7,10,13H,1-2,5,8-9H2,(H,23,25)/t13-/m0/s1. The van der Waals surface area contributed by atoms with Crippen LogP contribution in [0.15, 0.2) is 34.1 Å². The molecule has 1 N–H and O–H groups in total. The van der Waals surface area contributed by atoms with E-state index in [9.17, 15) is 13.6 Å². The smallest absolute Gasteiger partial charge is 0.268 e. The second-order valence-corrected chi connectivity index (χ2v) is 8.26. The van der Waals surface area contributed by atoms with E-state index < -0.39 is 11.6 Å². The Morgan fingerprint density at radius 3 is 2.96 bits per heavy atom. The molecule has 4 nitrogen and oxygen atoms in total. The van der Waals surface area contributed by atoms with E-state index in [2.05, 4.69) is 21.2 Å². The molecule has 2 aromatic heterocycles. The Morgan fingerprint density at radius 1 is 1.37 bits per heavy atom. The number of halogens is 3. The first kappa shape index (κ1) is 18.6. The number of aromatic nitrogens is 1. The first-order valence-electron chi connectivity index (χ1n) is 8.63. The van der Waals surface area contributed by atoms with Crippen LogP contribution in [0.4, 0.5) is 8.78 Å². The van der Waals surface area contributed by atoms with E-state index in [0.717, 1.165) is 40.2 Å². The average Bonchev–Trinajstić information content (AvgIpc) is 3.35. The molecule has 1 atom stereocenters. The summed E-state index contributed by atoms with van der Waals surface area (Å²) in [5.74, 6) is -1.49. The predicted molar refractivity (Wildman–Crippen MR) is 104 cm³/mol. The third kappa shape index (κ3) is 3.79. The lowest BCUT2D eigenvalue weighted by Gasteiger charge is -2.14. The minimum Gasteiger partial charge on any atom is -0.376 e. The molecule has 1 saturated heterocycles. The maximum absolute atomic E-state index is 14.2. The Hall–Kier alpha value is -1.77. The molecule has 1 aliphatic rings. The number of hydrogen-bond donors (Lipinski definition) is 1. The van der Waals surface area contributed by atoms with Crippen molar-refractivity contribution in [2.45, 2.75) is 25.5 Å². The van der Waals surface area contributed by atoms with Crippen molar-refractivity contribution in [2.75, 3.05) is 13.2 Å². The molecule has 3 aromatic rings. The number of rotatable bonds is 5. The average molecular weight is 455 g/mol. The van der Waals surface area contributed by atoms with E-state index in [-0.39, 0.29) is 18.6 Å². The van der Waals surface area contributed by atoms with Gasteiger partial charge in [0.15, 0.2) is 0 Å². The minimum atomic E-state index is -0.631. The maximum Gasteiger partial charge on any atom is 0.268 e. The summed E-state index contributed by atoms with van der Waals surface area (Å²) in [6.45, 7) is 1.31. The molecule has 4 rings (SSSR count). The molecule has 27 heavy (non-hydrogen) atoms. The Kier molecular flexibility index (Phi) is 5.29. The van der Waals surface area contributed by atoms with Crippen molar-refractivity contribution in [3.8, 4) is 0 Å². The topological polar surface area (TPSA) is 43.3 Å². The Morgan fingerprint density at radius 2 is 2.22 bits per heavy atom. The number of amides is 1. The van der Waals surface area contributed by atoms with Gasteiger partial charge in [-0.2, -0.15) is 0 Å². The van der Waals surface area contributed by atoms with Crippen molar-refractivity contribution in [1.82, 2.24) is 9.88 Å². The Balaban J connectivity index is 1.65. The molecule has 1 amide bonds. The van der Waals surface area contributed by atoms with Crippen LogP contribution in [0.5, 0.6) is 0 Å². The van der Waals surface area contributed by atoms with Crippen LogP contribution in [-0.4, -0.2) is 29.7 Å². The lowest BCUT2D eigenvalue weighted by molar-refractivity contribution is 0.0851. The summed E-state index contributed by atoms with van der Waals surface area (Å²) in [7, 11) is 0. The molecule has 3 heterocycles. The fourth-order valence-electron chi connectivity index (χ4n) is 3.31. The highest BCUT2D eigenvalue weighted by Crippen LogP contribution is 2.34.